The lowest BCUT2D eigenvalue weighted by Crippen LogP contribution is -2.18. The highest BCUT2D eigenvalue weighted by molar-refractivity contribution is 9.10. The van der Waals surface area contributed by atoms with Gasteiger partial charge in [0.05, 0.1) is 5.56 Å². The Hall–Kier alpha value is -1.88. The molecule has 0 N–H and O–H groups in total. The summed E-state index contributed by atoms with van der Waals surface area (Å²) >= 11 is 3.53. The van der Waals surface area contributed by atoms with E-state index in [1.807, 2.05) is 36.4 Å². The predicted molar refractivity (Wildman–Crippen MR) is 86.4 cm³/mol. The van der Waals surface area contributed by atoms with Crippen LogP contribution in [0.15, 0.2) is 45.3 Å². The van der Waals surface area contributed by atoms with Crippen LogP contribution in [0.25, 0.3) is 22.7 Å². The molecule has 0 amide bonds. The Kier molecular flexibility index (Phi) is 3.15. The monoisotopic (exact) mass is 343 g/mol. The molecule has 3 aromatic rings. The van der Waals surface area contributed by atoms with Crippen LogP contribution in [0, 0.1) is 0 Å². The molecule has 106 valence electrons. The zero-order valence-corrected chi connectivity index (χ0v) is 13.0. The van der Waals surface area contributed by atoms with E-state index in [0.717, 1.165) is 34.5 Å². The summed E-state index contributed by atoms with van der Waals surface area (Å²) in [5, 5.41) is 0. The maximum atomic E-state index is 5.86. The van der Waals surface area contributed by atoms with E-state index >= 15 is 0 Å². The highest BCUT2D eigenvalue weighted by atomic mass is 79.9. The predicted octanol–water partition coefficient (Wildman–Crippen LogP) is 4.25. The van der Waals surface area contributed by atoms with Gasteiger partial charge in [0, 0.05) is 17.6 Å². The SMILES string of the molecule is Brc1ccccc1-c1nc2ccc(N3CCCC3)nc2o1. The van der Waals surface area contributed by atoms with Crippen molar-refractivity contribution >= 4 is 33.0 Å². The minimum atomic E-state index is 0.601. The summed E-state index contributed by atoms with van der Waals surface area (Å²) in [7, 11) is 0. The molecule has 4 rings (SSSR count). The average Bonchev–Trinajstić information content (AvgIpc) is 3.16. The highest BCUT2D eigenvalue weighted by Crippen LogP contribution is 2.30. The topological polar surface area (TPSA) is 42.2 Å². The zero-order valence-electron chi connectivity index (χ0n) is 11.4. The number of hydrogen-bond acceptors (Lipinski definition) is 4. The van der Waals surface area contributed by atoms with Crippen LogP contribution in [0.1, 0.15) is 12.8 Å². The van der Waals surface area contributed by atoms with Gasteiger partial charge in [-0.15, -0.1) is 0 Å². The van der Waals surface area contributed by atoms with Gasteiger partial charge in [-0.1, -0.05) is 12.1 Å². The van der Waals surface area contributed by atoms with E-state index in [9.17, 15) is 0 Å². The number of nitrogens with zero attached hydrogens (tertiary/aromatic N) is 3. The molecule has 4 nitrogen and oxygen atoms in total. The molecule has 0 bridgehead atoms. The van der Waals surface area contributed by atoms with E-state index in [0.29, 0.717) is 11.6 Å². The fourth-order valence-electron chi connectivity index (χ4n) is 2.68. The number of fused-ring (bicyclic) bond motifs is 1. The van der Waals surface area contributed by atoms with Crippen LogP contribution in [0.5, 0.6) is 0 Å². The lowest BCUT2D eigenvalue weighted by atomic mass is 10.2. The molecule has 2 aromatic heterocycles. The van der Waals surface area contributed by atoms with Crippen molar-refractivity contribution in [3.63, 3.8) is 0 Å². The first-order valence-corrected chi connectivity index (χ1v) is 7.88. The van der Waals surface area contributed by atoms with Gasteiger partial charge in [0.1, 0.15) is 11.3 Å². The van der Waals surface area contributed by atoms with Crippen LogP contribution in [0.2, 0.25) is 0 Å². The van der Waals surface area contributed by atoms with Crippen molar-refractivity contribution in [1.82, 2.24) is 9.97 Å². The Balaban J connectivity index is 1.78. The second kappa shape index (κ2) is 5.15. The number of rotatable bonds is 2. The Morgan fingerprint density at radius 2 is 1.81 bits per heavy atom. The summed E-state index contributed by atoms with van der Waals surface area (Å²) in [4.78, 5) is 11.4. The quantitative estimate of drug-likeness (QED) is 0.697. The van der Waals surface area contributed by atoms with Crippen molar-refractivity contribution in [2.24, 2.45) is 0 Å². The summed E-state index contributed by atoms with van der Waals surface area (Å²) in [6.45, 7) is 2.15. The van der Waals surface area contributed by atoms with E-state index in [-0.39, 0.29) is 0 Å². The first-order chi connectivity index (χ1) is 10.3. The van der Waals surface area contributed by atoms with E-state index in [2.05, 4.69) is 30.8 Å². The third-order valence-electron chi connectivity index (χ3n) is 3.78. The normalized spacial score (nSPS) is 15.0. The van der Waals surface area contributed by atoms with Gasteiger partial charge >= 0.3 is 0 Å². The second-order valence-electron chi connectivity index (χ2n) is 5.19. The molecule has 0 spiro atoms. The Morgan fingerprint density at radius 1 is 1.00 bits per heavy atom. The first-order valence-electron chi connectivity index (χ1n) is 7.09. The molecule has 0 unspecified atom stereocenters. The number of pyridine rings is 1. The summed E-state index contributed by atoms with van der Waals surface area (Å²) in [5.41, 5.74) is 2.34. The van der Waals surface area contributed by atoms with Gasteiger partial charge in [-0.3, -0.25) is 0 Å². The number of benzene rings is 1. The van der Waals surface area contributed by atoms with Gasteiger partial charge in [-0.25, -0.2) is 4.98 Å². The molecule has 1 aliphatic heterocycles. The molecule has 1 aromatic carbocycles. The third-order valence-corrected chi connectivity index (χ3v) is 4.47. The Labute approximate surface area is 130 Å². The van der Waals surface area contributed by atoms with Crippen LogP contribution < -0.4 is 4.90 Å². The van der Waals surface area contributed by atoms with Gasteiger partial charge in [0.15, 0.2) is 0 Å². The third kappa shape index (κ3) is 2.31. The minimum Gasteiger partial charge on any atom is -0.418 e. The summed E-state index contributed by atoms with van der Waals surface area (Å²) < 4.78 is 6.83. The molecule has 21 heavy (non-hydrogen) atoms. The summed E-state index contributed by atoms with van der Waals surface area (Å²) in [5.74, 6) is 1.58. The zero-order chi connectivity index (χ0) is 14.2. The Bertz CT molecular complexity index is 793. The van der Waals surface area contributed by atoms with E-state index in [1.54, 1.807) is 0 Å². The standard InChI is InChI=1S/C16H14BrN3O/c17-12-6-2-1-5-11(12)15-18-13-7-8-14(19-16(13)21-15)20-9-3-4-10-20/h1-2,5-8H,3-4,9-10H2. The van der Waals surface area contributed by atoms with Gasteiger partial charge in [-0.05, 0) is 53.0 Å². The Morgan fingerprint density at radius 3 is 2.62 bits per heavy atom. The molecule has 3 heterocycles. The number of anilines is 1. The number of halogens is 1. The van der Waals surface area contributed by atoms with E-state index in [4.69, 9.17) is 4.42 Å². The van der Waals surface area contributed by atoms with Crippen LogP contribution in [0.4, 0.5) is 5.82 Å². The largest absolute Gasteiger partial charge is 0.418 e. The molecule has 0 radical (unpaired) electrons. The van der Waals surface area contributed by atoms with Crippen molar-refractivity contribution in [3.05, 3.63) is 40.9 Å². The maximum Gasteiger partial charge on any atom is 0.249 e. The molecule has 0 atom stereocenters. The van der Waals surface area contributed by atoms with Gasteiger partial charge in [0.2, 0.25) is 11.6 Å². The van der Waals surface area contributed by atoms with Gasteiger partial charge in [0.25, 0.3) is 0 Å². The molecule has 1 saturated heterocycles. The maximum absolute atomic E-state index is 5.86. The number of oxazole rings is 1. The molecule has 0 aliphatic carbocycles. The average molecular weight is 344 g/mol. The lowest BCUT2D eigenvalue weighted by molar-refractivity contribution is 0.607. The number of hydrogen-bond donors (Lipinski definition) is 0. The van der Waals surface area contributed by atoms with Crippen molar-refractivity contribution < 1.29 is 4.42 Å². The van der Waals surface area contributed by atoms with Crippen LogP contribution in [-0.2, 0) is 0 Å². The smallest absolute Gasteiger partial charge is 0.249 e. The van der Waals surface area contributed by atoms with Gasteiger partial charge < -0.3 is 9.32 Å². The van der Waals surface area contributed by atoms with E-state index in [1.165, 1.54) is 12.8 Å². The lowest BCUT2D eigenvalue weighted by Gasteiger charge is -2.15. The van der Waals surface area contributed by atoms with Gasteiger partial charge in [-0.2, -0.15) is 4.98 Å². The fourth-order valence-corrected chi connectivity index (χ4v) is 3.13. The van der Waals surface area contributed by atoms with Crippen molar-refractivity contribution in [3.8, 4) is 11.5 Å². The highest BCUT2D eigenvalue weighted by Gasteiger charge is 2.16. The molecule has 5 heteroatoms. The minimum absolute atomic E-state index is 0.601. The number of aromatic nitrogens is 2. The molecule has 1 fully saturated rings. The van der Waals surface area contributed by atoms with Crippen molar-refractivity contribution in [2.45, 2.75) is 12.8 Å². The van der Waals surface area contributed by atoms with Crippen molar-refractivity contribution in [2.75, 3.05) is 18.0 Å². The molecule has 0 saturated carbocycles. The molecular weight excluding hydrogens is 330 g/mol. The second-order valence-corrected chi connectivity index (χ2v) is 6.04. The summed E-state index contributed by atoms with van der Waals surface area (Å²) in [6.07, 6.45) is 2.47. The molecule has 1 aliphatic rings. The first kappa shape index (κ1) is 12.8. The van der Waals surface area contributed by atoms with Crippen LogP contribution >= 0.6 is 15.9 Å². The van der Waals surface area contributed by atoms with Crippen molar-refractivity contribution in [1.29, 1.82) is 0 Å². The summed E-state index contributed by atoms with van der Waals surface area (Å²) in [6, 6.07) is 11.9. The van der Waals surface area contributed by atoms with E-state index < -0.39 is 0 Å². The molecular formula is C16H14BrN3O. The van der Waals surface area contributed by atoms with Crippen LogP contribution in [-0.4, -0.2) is 23.1 Å². The fraction of sp³-hybridized carbons (Fsp3) is 0.250. The van der Waals surface area contributed by atoms with Crippen LogP contribution in [0.3, 0.4) is 0 Å².